The Morgan fingerprint density at radius 3 is 1.22 bits per heavy atom. The molecule has 0 aliphatic heterocycles. The molecule has 0 bridgehead atoms. The fraction of sp³-hybridized carbons (Fsp3) is 0. The van der Waals surface area contributed by atoms with Gasteiger partial charge in [0.2, 0.25) is 0 Å². The quantitative estimate of drug-likeness (QED) is 0.133. The molecule has 2 heteroatoms. The van der Waals surface area contributed by atoms with Crippen LogP contribution >= 0.6 is 0 Å². The van der Waals surface area contributed by atoms with E-state index in [0.717, 1.165) is 39.4 Å². The standard InChI is InChI=1S/C66H46N2/c1-4-19-47(20-5-1)52-25-16-26-53(45-52)48-37-41-55(42-38-48)67(65-36-18-33-59(51-23-8-3-9-24-51)66(65)62-32-11-10-29-58(62)50-21-6-2-7-22-50)56-43-39-49(40-44-56)54-27-17-28-57(46-54)68-63-34-14-12-30-60(63)61-31-13-15-35-64(61)68/h1-46H. The van der Waals surface area contributed by atoms with Gasteiger partial charge in [-0.05, 0) is 122 Å². The maximum Gasteiger partial charge on any atom is 0.0546 e. The van der Waals surface area contributed by atoms with Gasteiger partial charge in [0.25, 0.3) is 0 Å². The van der Waals surface area contributed by atoms with Gasteiger partial charge in [-0.1, -0.05) is 218 Å². The van der Waals surface area contributed by atoms with E-state index in [1.165, 1.54) is 71.9 Å². The third-order valence-corrected chi connectivity index (χ3v) is 13.2. The van der Waals surface area contributed by atoms with E-state index in [1.54, 1.807) is 0 Å². The minimum absolute atomic E-state index is 1.06. The van der Waals surface area contributed by atoms with Gasteiger partial charge in [0.15, 0.2) is 0 Å². The third kappa shape index (κ3) is 7.54. The number of para-hydroxylation sites is 2. The SMILES string of the molecule is c1ccc(-c2cccc(-c3ccc(N(c4ccc(-c5cccc(-n6c7ccccc7c7ccccc76)c5)cc4)c4cccc(-c5ccccc5)c4-c4ccccc4-c4ccccc4)cc3)c2)cc1. The summed E-state index contributed by atoms with van der Waals surface area (Å²) in [5, 5.41) is 2.52. The van der Waals surface area contributed by atoms with Gasteiger partial charge < -0.3 is 9.47 Å². The van der Waals surface area contributed by atoms with Crippen LogP contribution in [0.15, 0.2) is 279 Å². The third-order valence-electron chi connectivity index (χ3n) is 13.2. The molecule has 12 rings (SSSR count). The highest BCUT2D eigenvalue weighted by Crippen LogP contribution is 2.48. The first-order valence-corrected chi connectivity index (χ1v) is 23.3. The minimum atomic E-state index is 1.06. The molecule has 0 unspecified atom stereocenters. The highest BCUT2D eigenvalue weighted by molar-refractivity contribution is 6.09. The maximum absolute atomic E-state index is 2.44. The van der Waals surface area contributed by atoms with Crippen LogP contribution in [0.25, 0.3) is 94.3 Å². The molecule has 320 valence electrons. The second kappa shape index (κ2) is 17.8. The Hall–Kier alpha value is -8.98. The fourth-order valence-corrected chi connectivity index (χ4v) is 10.0. The summed E-state index contributed by atoms with van der Waals surface area (Å²) in [5.41, 5.74) is 20.9. The topological polar surface area (TPSA) is 8.17 Å². The zero-order chi connectivity index (χ0) is 45.2. The normalized spacial score (nSPS) is 11.2. The Morgan fingerprint density at radius 2 is 0.647 bits per heavy atom. The molecule has 0 atom stereocenters. The molecule has 11 aromatic carbocycles. The molecule has 0 aliphatic carbocycles. The lowest BCUT2D eigenvalue weighted by atomic mass is 9.87. The molecule has 68 heavy (non-hydrogen) atoms. The van der Waals surface area contributed by atoms with E-state index in [1.807, 2.05) is 0 Å². The molecular formula is C66H46N2. The lowest BCUT2D eigenvalue weighted by Crippen LogP contribution is -2.12. The molecule has 1 heterocycles. The second-order valence-electron chi connectivity index (χ2n) is 17.3. The molecule has 0 saturated carbocycles. The van der Waals surface area contributed by atoms with Crippen LogP contribution in [-0.2, 0) is 0 Å². The Labute approximate surface area is 397 Å². The number of benzene rings is 11. The maximum atomic E-state index is 2.44. The molecule has 2 nitrogen and oxygen atoms in total. The average molecular weight is 867 g/mol. The average Bonchev–Trinajstić information content (AvgIpc) is 3.76. The van der Waals surface area contributed by atoms with Gasteiger partial charge in [0, 0.05) is 33.4 Å². The number of nitrogens with zero attached hydrogens (tertiary/aromatic N) is 2. The summed E-state index contributed by atoms with van der Waals surface area (Å²) in [6, 6.07) is 101. The molecular weight excluding hydrogens is 821 g/mol. The van der Waals surface area contributed by atoms with Gasteiger partial charge in [-0.15, -0.1) is 0 Å². The van der Waals surface area contributed by atoms with Crippen LogP contribution in [0.2, 0.25) is 0 Å². The molecule has 0 fully saturated rings. The number of hydrogen-bond acceptors (Lipinski definition) is 1. The van der Waals surface area contributed by atoms with Crippen molar-refractivity contribution in [3.05, 3.63) is 279 Å². The number of anilines is 3. The first-order valence-electron chi connectivity index (χ1n) is 23.3. The van der Waals surface area contributed by atoms with Crippen molar-refractivity contribution in [3.8, 4) is 72.4 Å². The fourth-order valence-electron chi connectivity index (χ4n) is 10.0. The highest BCUT2D eigenvalue weighted by atomic mass is 15.1. The first kappa shape index (κ1) is 40.5. The van der Waals surface area contributed by atoms with Crippen LogP contribution < -0.4 is 4.90 Å². The van der Waals surface area contributed by atoms with Crippen molar-refractivity contribution in [2.75, 3.05) is 4.90 Å². The summed E-state index contributed by atoms with van der Waals surface area (Å²) >= 11 is 0. The van der Waals surface area contributed by atoms with Gasteiger partial charge in [0.1, 0.15) is 0 Å². The Balaban J connectivity index is 1.01. The Kier molecular flexibility index (Phi) is 10.6. The zero-order valence-corrected chi connectivity index (χ0v) is 37.5. The Morgan fingerprint density at radius 1 is 0.250 bits per heavy atom. The summed E-state index contributed by atoms with van der Waals surface area (Å²) in [5.74, 6) is 0. The minimum Gasteiger partial charge on any atom is -0.310 e. The van der Waals surface area contributed by atoms with Crippen LogP contribution in [0.4, 0.5) is 17.1 Å². The summed E-state index contributed by atoms with van der Waals surface area (Å²) in [7, 11) is 0. The monoisotopic (exact) mass is 866 g/mol. The van der Waals surface area contributed by atoms with Crippen molar-refractivity contribution in [2.24, 2.45) is 0 Å². The van der Waals surface area contributed by atoms with E-state index < -0.39 is 0 Å². The first-order chi connectivity index (χ1) is 33.7. The highest BCUT2D eigenvalue weighted by Gasteiger charge is 2.23. The van der Waals surface area contributed by atoms with Gasteiger partial charge >= 0.3 is 0 Å². The molecule has 12 aromatic rings. The van der Waals surface area contributed by atoms with Crippen molar-refractivity contribution in [2.45, 2.75) is 0 Å². The van der Waals surface area contributed by atoms with E-state index in [9.17, 15) is 0 Å². The molecule has 0 radical (unpaired) electrons. The van der Waals surface area contributed by atoms with Gasteiger partial charge in [-0.2, -0.15) is 0 Å². The van der Waals surface area contributed by atoms with Crippen molar-refractivity contribution < 1.29 is 0 Å². The van der Waals surface area contributed by atoms with Crippen LogP contribution in [0.1, 0.15) is 0 Å². The lowest BCUT2D eigenvalue weighted by molar-refractivity contribution is 1.18. The number of hydrogen-bond donors (Lipinski definition) is 0. The molecule has 1 aromatic heterocycles. The summed E-state index contributed by atoms with van der Waals surface area (Å²) in [4.78, 5) is 2.44. The van der Waals surface area contributed by atoms with Crippen LogP contribution in [-0.4, -0.2) is 4.57 Å². The van der Waals surface area contributed by atoms with Crippen molar-refractivity contribution in [3.63, 3.8) is 0 Å². The number of fused-ring (bicyclic) bond motifs is 3. The predicted molar refractivity (Wildman–Crippen MR) is 288 cm³/mol. The van der Waals surface area contributed by atoms with Crippen LogP contribution in [0.3, 0.4) is 0 Å². The smallest absolute Gasteiger partial charge is 0.0546 e. The van der Waals surface area contributed by atoms with E-state index in [0.29, 0.717) is 0 Å². The van der Waals surface area contributed by atoms with Gasteiger partial charge in [-0.3, -0.25) is 0 Å². The lowest BCUT2D eigenvalue weighted by Gasteiger charge is -2.30. The van der Waals surface area contributed by atoms with Crippen molar-refractivity contribution in [1.82, 2.24) is 4.57 Å². The summed E-state index contributed by atoms with van der Waals surface area (Å²) in [6.07, 6.45) is 0. The van der Waals surface area contributed by atoms with E-state index in [2.05, 4.69) is 289 Å². The van der Waals surface area contributed by atoms with E-state index in [4.69, 9.17) is 0 Å². The molecule has 0 aliphatic rings. The molecule has 0 N–H and O–H groups in total. The zero-order valence-electron chi connectivity index (χ0n) is 37.5. The molecule has 0 amide bonds. The Bertz CT molecular complexity index is 3650. The second-order valence-corrected chi connectivity index (χ2v) is 17.3. The van der Waals surface area contributed by atoms with Crippen molar-refractivity contribution in [1.29, 1.82) is 0 Å². The number of rotatable bonds is 10. The van der Waals surface area contributed by atoms with Crippen LogP contribution in [0, 0.1) is 0 Å². The van der Waals surface area contributed by atoms with E-state index in [-0.39, 0.29) is 0 Å². The summed E-state index contributed by atoms with van der Waals surface area (Å²) in [6.45, 7) is 0. The van der Waals surface area contributed by atoms with Crippen LogP contribution in [0.5, 0.6) is 0 Å². The summed E-state index contributed by atoms with van der Waals surface area (Å²) < 4.78 is 2.39. The number of aromatic nitrogens is 1. The van der Waals surface area contributed by atoms with E-state index >= 15 is 0 Å². The predicted octanol–water partition coefficient (Wildman–Crippen LogP) is 18.3. The van der Waals surface area contributed by atoms with Gasteiger partial charge in [0.05, 0.1) is 16.7 Å². The van der Waals surface area contributed by atoms with Crippen molar-refractivity contribution >= 4 is 38.9 Å². The molecule has 0 spiro atoms. The van der Waals surface area contributed by atoms with Gasteiger partial charge in [-0.25, -0.2) is 0 Å². The largest absolute Gasteiger partial charge is 0.310 e. The molecule has 0 saturated heterocycles.